The molecule has 0 saturated heterocycles. The lowest BCUT2D eigenvalue weighted by Crippen LogP contribution is -2.23. The van der Waals surface area contributed by atoms with Crippen molar-refractivity contribution >= 4 is 21.8 Å². The lowest BCUT2D eigenvalue weighted by Gasteiger charge is -2.01. The number of halogens is 1. The summed E-state index contributed by atoms with van der Waals surface area (Å²) < 4.78 is 2.11. The van der Waals surface area contributed by atoms with Crippen molar-refractivity contribution in [3.05, 3.63) is 16.4 Å². The SMILES string of the molecule is C#CCONC(=O)c1cnn(C)c1Br. The maximum atomic E-state index is 11.4. The van der Waals surface area contributed by atoms with Gasteiger partial charge in [-0.2, -0.15) is 5.10 Å². The Hall–Kier alpha value is -1.32. The molecule has 1 amide bonds. The predicted molar refractivity (Wildman–Crippen MR) is 53.2 cm³/mol. The molecule has 0 radical (unpaired) electrons. The lowest BCUT2D eigenvalue weighted by atomic mass is 10.3. The summed E-state index contributed by atoms with van der Waals surface area (Å²) in [4.78, 5) is 16.0. The van der Waals surface area contributed by atoms with Crippen LogP contribution in [0.15, 0.2) is 10.8 Å². The van der Waals surface area contributed by atoms with Gasteiger partial charge in [-0.1, -0.05) is 5.92 Å². The summed E-state index contributed by atoms with van der Waals surface area (Å²) in [5.41, 5.74) is 2.58. The molecule has 0 aliphatic rings. The number of rotatable bonds is 3. The molecular formula is C8H8BrN3O2. The fraction of sp³-hybridized carbons (Fsp3) is 0.250. The number of aryl methyl sites for hydroxylation is 1. The molecular weight excluding hydrogens is 250 g/mol. The quantitative estimate of drug-likeness (QED) is 0.487. The summed E-state index contributed by atoms with van der Waals surface area (Å²) >= 11 is 3.20. The second kappa shape index (κ2) is 4.79. The molecule has 1 rings (SSSR count). The third-order valence-corrected chi connectivity index (χ3v) is 2.37. The molecule has 6 heteroatoms. The van der Waals surface area contributed by atoms with E-state index in [0.717, 1.165) is 0 Å². The van der Waals surface area contributed by atoms with Gasteiger partial charge in [-0.3, -0.25) is 14.3 Å². The van der Waals surface area contributed by atoms with Crippen LogP contribution in [0.3, 0.4) is 0 Å². The number of aromatic nitrogens is 2. The van der Waals surface area contributed by atoms with Gasteiger partial charge in [0.1, 0.15) is 11.2 Å². The number of nitrogens with one attached hydrogen (secondary N) is 1. The molecule has 0 fully saturated rings. The van der Waals surface area contributed by atoms with Crippen molar-refractivity contribution in [2.75, 3.05) is 6.61 Å². The van der Waals surface area contributed by atoms with Crippen LogP contribution >= 0.6 is 15.9 Å². The Balaban J connectivity index is 2.62. The summed E-state index contributed by atoms with van der Waals surface area (Å²) in [7, 11) is 1.71. The first-order chi connectivity index (χ1) is 6.66. The minimum Gasteiger partial charge on any atom is -0.267 e. The van der Waals surface area contributed by atoms with E-state index in [1.807, 2.05) is 0 Å². The molecule has 5 nitrogen and oxygen atoms in total. The van der Waals surface area contributed by atoms with Gasteiger partial charge in [-0.25, -0.2) is 5.48 Å². The molecule has 1 aromatic rings. The molecule has 74 valence electrons. The molecule has 14 heavy (non-hydrogen) atoms. The molecule has 0 saturated carbocycles. The van der Waals surface area contributed by atoms with E-state index in [1.165, 1.54) is 10.9 Å². The number of nitrogens with zero attached hydrogens (tertiary/aromatic N) is 2. The monoisotopic (exact) mass is 257 g/mol. The largest absolute Gasteiger partial charge is 0.279 e. The van der Waals surface area contributed by atoms with Gasteiger partial charge in [-0.15, -0.1) is 6.42 Å². The van der Waals surface area contributed by atoms with Crippen LogP contribution in [-0.4, -0.2) is 22.3 Å². The van der Waals surface area contributed by atoms with Gasteiger partial charge in [0.25, 0.3) is 5.91 Å². The van der Waals surface area contributed by atoms with E-state index in [0.29, 0.717) is 10.2 Å². The Bertz CT molecular complexity index is 380. The van der Waals surface area contributed by atoms with Crippen LogP contribution in [0, 0.1) is 12.3 Å². The highest BCUT2D eigenvalue weighted by Crippen LogP contribution is 2.14. The second-order valence-electron chi connectivity index (χ2n) is 2.40. The van der Waals surface area contributed by atoms with Crippen LogP contribution in [0.1, 0.15) is 10.4 Å². The van der Waals surface area contributed by atoms with Crippen molar-refractivity contribution in [2.45, 2.75) is 0 Å². The van der Waals surface area contributed by atoms with Gasteiger partial charge < -0.3 is 0 Å². The predicted octanol–water partition coefficient (Wildman–Crippen LogP) is 0.477. The van der Waals surface area contributed by atoms with Crippen LogP contribution in [0.4, 0.5) is 0 Å². The molecule has 0 bridgehead atoms. The average Bonchev–Trinajstić information content (AvgIpc) is 2.48. The first-order valence-corrected chi connectivity index (χ1v) is 4.49. The van der Waals surface area contributed by atoms with Gasteiger partial charge in [0.2, 0.25) is 0 Å². The Labute approximate surface area is 89.5 Å². The summed E-state index contributed by atoms with van der Waals surface area (Å²) in [6.45, 7) is 0.0314. The maximum Gasteiger partial charge on any atom is 0.279 e. The molecule has 1 N–H and O–H groups in total. The normalized spacial score (nSPS) is 9.50. The first kappa shape index (κ1) is 10.8. The van der Waals surface area contributed by atoms with Crippen LogP contribution in [0.25, 0.3) is 0 Å². The molecule has 0 atom stereocenters. The number of hydroxylamine groups is 1. The zero-order valence-electron chi connectivity index (χ0n) is 7.45. The van der Waals surface area contributed by atoms with E-state index >= 15 is 0 Å². The van der Waals surface area contributed by atoms with Crippen molar-refractivity contribution in [1.82, 2.24) is 15.3 Å². The van der Waals surface area contributed by atoms with E-state index in [2.05, 4.69) is 37.3 Å². The van der Waals surface area contributed by atoms with Crippen molar-refractivity contribution in [3.8, 4) is 12.3 Å². The highest BCUT2D eigenvalue weighted by Gasteiger charge is 2.13. The highest BCUT2D eigenvalue weighted by atomic mass is 79.9. The smallest absolute Gasteiger partial charge is 0.267 e. The number of carbonyl (C=O) groups excluding carboxylic acids is 1. The molecule has 0 aliphatic carbocycles. The van der Waals surface area contributed by atoms with Crippen molar-refractivity contribution in [3.63, 3.8) is 0 Å². The Kier molecular flexibility index (Phi) is 3.68. The summed E-state index contributed by atoms with van der Waals surface area (Å²) in [5.74, 6) is 1.84. The molecule has 0 aromatic carbocycles. The average molecular weight is 258 g/mol. The Morgan fingerprint density at radius 3 is 3.14 bits per heavy atom. The number of hydrogen-bond acceptors (Lipinski definition) is 3. The summed E-state index contributed by atoms with van der Waals surface area (Å²) in [6, 6.07) is 0. The molecule has 0 unspecified atom stereocenters. The van der Waals surface area contributed by atoms with Crippen molar-refractivity contribution in [1.29, 1.82) is 0 Å². The summed E-state index contributed by atoms with van der Waals surface area (Å²) in [6.07, 6.45) is 6.36. The Morgan fingerprint density at radius 2 is 2.64 bits per heavy atom. The molecule has 0 aliphatic heterocycles. The molecule has 1 aromatic heterocycles. The second-order valence-corrected chi connectivity index (χ2v) is 3.15. The lowest BCUT2D eigenvalue weighted by molar-refractivity contribution is 0.0437. The van der Waals surface area contributed by atoms with Gasteiger partial charge in [0, 0.05) is 7.05 Å². The van der Waals surface area contributed by atoms with Crippen LogP contribution in [0.2, 0.25) is 0 Å². The highest BCUT2D eigenvalue weighted by molar-refractivity contribution is 9.10. The van der Waals surface area contributed by atoms with Gasteiger partial charge >= 0.3 is 0 Å². The third kappa shape index (κ3) is 2.34. The van der Waals surface area contributed by atoms with Gasteiger partial charge in [0.05, 0.1) is 11.8 Å². The summed E-state index contributed by atoms with van der Waals surface area (Å²) in [5, 5.41) is 3.88. The standard InChI is InChI=1S/C8H8BrN3O2/c1-3-4-14-11-8(13)6-5-10-12(2)7(6)9/h1,5H,4H2,2H3,(H,11,13). The van der Waals surface area contributed by atoms with E-state index in [-0.39, 0.29) is 12.5 Å². The van der Waals surface area contributed by atoms with E-state index in [4.69, 9.17) is 6.42 Å². The minimum absolute atomic E-state index is 0.0314. The van der Waals surface area contributed by atoms with E-state index in [9.17, 15) is 4.79 Å². The van der Waals surface area contributed by atoms with Crippen LogP contribution in [0.5, 0.6) is 0 Å². The number of amides is 1. The molecule has 0 spiro atoms. The van der Waals surface area contributed by atoms with Gasteiger partial charge in [0.15, 0.2) is 0 Å². The van der Waals surface area contributed by atoms with Crippen molar-refractivity contribution in [2.24, 2.45) is 7.05 Å². The van der Waals surface area contributed by atoms with E-state index < -0.39 is 0 Å². The van der Waals surface area contributed by atoms with Crippen LogP contribution < -0.4 is 5.48 Å². The van der Waals surface area contributed by atoms with Crippen molar-refractivity contribution < 1.29 is 9.63 Å². The fourth-order valence-electron chi connectivity index (χ4n) is 0.773. The third-order valence-electron chi connectivity index (χ3n) is 1.43. The zero-order chi connectivity index (χ0) is 10.6. The fourth-order valence-corrected chi connectivity index (χ4v) is 1.15. The topological polar surface area (TPSA) is 56.1 Å². The van der Waals surface area contributed by atoms with E-state index in [1.54, 1.807) is 7.05 Å². The van der Waals surface area contributed by atoms with Gasteiger partial charge in [-0.05, 0) is 15.9 Å². The van der Waals surface area contributed by atoms with Crippen LogP contribution in [-0.2, 0) is 11.9 Å². The first-order valence-electron chi connectivity index (χ1n) is 3.70. The Morgan fingerprint density at radius 1 is 1.93 bits per heavy atom. The number of hydrogen-bond donors (Lipinski definition) is 1. The molecule has 1 heterocycles. The maximum absolute atomic E-state index is 11.4. The zero-order valence-corrected chi connectivity index (χ0v) is 9.04. The number of terminal acetylenes is 1. The minimum atomic E-state index is -0.389. The number of carbonyl (C=O) groups is 1.